The summed E-state index contributed by atoms with van der Waals surface area (Å²) in [5, 5.41) is 15.0. The lowest BCUT2D eigenvalue weighted by Gasteiger charge is -2.26. The number of aromatic nitrogens is 2. The monoisotopic (exact) mass is 649 g/mol. The number of hydrogen-bond acceptors (Lipinski definition) is 9. The Hall–Kier alpha value is -5.01. The number of hydrogen-bond donors (Lipinski definition) is 4. The standard InChI is InChI=1S/C33H43N7O7/c1-21(2)29-33(45)34-16-9-18-40(28(42)15-14-27-37-30(39-47-27)25-12-8-19-46-25)17-7-13-26(41)36-24(20-23-10-5-4-6-11-23)32(44)35-22(3)31(43)38-29/h4-6,8,10-12,19,21-22,24,29H,7,9,13-18,20H2,1-3H3,(H,34,45)(H,35,44)(H,36,41)(H,38,43)/t22-,24+,29-/m1/s1. The summed E-state index contributed by atoms with van der Waals surface area (Å²) >= 11 is 0. The molecule has 252 valence electrons. The summed E-state index contributed by atoms with van der Waals surface area (Å²) in [7, 11) is 0. The molecule has 4 N–H and O–H groups in total. The lowest BCUT2D eigenvalue weighted by atomic mass is 10.0. The van der Waals surface area contributed by atoms with Crippen LogP contribution in [0.25, 0.3) is 11.6 Å². The van der Waals surface area contributed by atoms with Crippen molar-refractivity contribution in [2.75, 3.05) is 19.6 Å². The molecule has 1 aromatic carbocycles. The molecule has 3 atom stereocenters. The molecule has 0 bridgehead atoms. The van der Waals surface area contributed by atoms with Gasteiger partial charge in [-0.3, -0.25) is 24.0 Å². The van der Waals surface area contributed by atoms with Crippen molar-refractivity contribution in [3.8, 4) is 11.6 Å². The topological polar surface area (TPSA) is 189 Å². The van der Waals surface area contributed by atoms with Gasteiger partial charge in [0.15, 0.2) is 5.76 Å². The first-order valence-electron chi connectivity index (χ1n) is 16.0. The number of aryl methyl sites for hydroxylation is 1. The molecular weight excluding hydrogens is 606 g/mol. The van der Waals surface area contributed by atoms with Gasteiger partial charge in [-0.1, -0.05) is 49.3 Å². The molecule has 1 aliphatic rings. The van der Waals surface area contributed by atoms with Crippen LogP contribution in [0.5, 0.6) is 0 Å². The molecule has 0 saturated carbocycles. The number of furan rings is 1. The van der Waals surface area contributed by atoms with E-state index >= 15 is 0 Å². The van der Waals surface area contributed by atoms with Crippen molar-refractivity contribution in [2.24, 2.45) is 5.92 Å². The highest BCUT2D eigenvalue weighted by atomic mass is 16.5. The molecule has 5 amide bonds. The minimum Gasteiger partial charge on any atom is -0.461 e. The zero-order chi connectivity index (χ0) is 33.8. The second-order valence-electron chi connectivity index (χ2n) is 11.9. The van der Waals surface area contributed by atoms with Crippen molar-refractivity contribution >= 4 is 29.5 Å². The lowest BCUT2D eigenvalue weighted by Crippen LogP contribution is -2.57. The molecule has 0 radical (unpaired) electrons. The number of amides is 5. The third kappa shape index (κ3) is 10.5. The second-order valence-corrected chi connectivity index (χ2v) is 11.9. The summed E-state index contributed by atoms with van der Waals surface area (Å²) in [6.07, 6.45) is 2.90. The fraction of sp³-hybridized carbons (Fsp3) is 0.485. The Morgan fingerprint density at radius 3 is 2.45 bits per heavy atom. The number of nitrogens with one attached hydrogen (secondary N) is 4. The molecule has 14 heteroatoms. The van der Waals surface area contributed by atoms with Crippen LogP contribution in [0.15, 0.2) is 57.7 Å². The van der Waals surface area contributed by atoms with Gasteiger partial charge < -0.3 is 35.1 Å². The van der Waals surface area contributed by atoms with Crippen molar-refractivity contribution in [2.45, 2.75) is 77.4 Å². The van der Waals surface area contributed by atoms with Gasteiger partial charge in [0.05, 0.1) is 6.26 Å². The largest absolute Gasteiger partial charge is 0.461 e. The van der Waals surface area contributed by atoms with Gasteiger partial charge in [0.25, 0.3) is 0 Å². The van der Waals surface area contributed by atoms with Gasteiger partial charge in [-0.05, 0) is 43.4 Å². The number of rotatable bonds is 7. The molecule has 47 heavy (non-hydrogen) atoms. The van der Waals surface area contributed by atoms with Crippen LogP contribution >= 0.6 is 0 Å². The molecular formula is C33H43N7O7. The van der Waals surface area contributed by atoms with Gasteiger partial charge in [0, 0.05) is 45.3 Å². The van der Waals surface area contributed by atoms with E-state index in [0.29, 0.717) is 37.5 Å². The van der Waals surface area contributed by atoms with Crippen LogP contribution in [-0.4, -0.2) is 82.3 Å². The average Bonchev–Trinajstić information content (AvgIpc) is 3.76. The summed E-state index contributed by atoms with van der Waals surface area (Å²) in [6, 6.07) is 9.92. The number of carbonyl (C=O) groups is 5. The van der Waals surface area contributed by atoms with Gasteiger partial charge in [0.2, 0.25) is 41.3 Å². The third-order valence-corrected chi connectivity index (χ3v) is 7.78. The first-order chi connectivity index (χ1) is 22.6. The summed E-state index contributed by atoms with van der Waals surface area (Å²) in [5.41, 5.74) is 0.832. The summed E-state index contributed by atoms with van der Waals surface area (Å²) < 4.78 is 10.6. The highest BCUT2D eigenvalue weighted by Crippen LogP contribution is 2.17. The van der Waals surface area contributed by atoms with Gasteiger partial charge in [-0.25, -0.2) is 0 Å². The first kappa shape index (κ1) is 34.9. The van der Waals surface area contributed by atoms with Crippen molar-refractivity contribution < 1.29 is 32.9 Å². The highest BCUT2D eigenvalue weighted by molar-refractivity contribution is 5.94. The van der Waals surface area contributed by atoms with Crippen LogP contribution in [0.4, 0.5) is 0 Å². The average molecular weight is 650 g/mol. The van der Waals surface area contributed by atoms with Gasteiger partial charge >= 0.3 is 0 Å². The van der Waals surface area contributed by atoms with Gasteiger partial charge in [0.1, 0.15) is 18.1 Å². The minimum atomic E-state index is -0.950. The normalized spacial score (nSPS) is 20.9. The second kappa shape index (κ2) is 17.1. The predicted molar refractivity (Wildman–Crippen MR) is 170 cm³/mol. The SMILES string of the molecule is CC(C)[C@H]1NC(=O)[C@@H](C)NC(=O)[C@H](Cc2ccccc2)NC(=O)CCCN(C(=O)CCc2nc(-c3ccco3)no2)CCCNC1=O. The van der Waals surface area contributed by atoms with E-state index < -0.39 is 29.9 Å². The Bertz CT molecular complexity index is 1490. The van der Waals surface area contributed by atoms with Gasteiger partial charge in [-0.15, -0.1) is 0 Å². The molecule has 14 nitrogen and oxygen atoms in total. The third-order valence-electron chi connectivity index (χ3n) is 7.78. The minimum absolute atomic E-state index is 0.0708. The van der Waals surface area contributed by atoms with Crippen molar-refractivity contribution in [1.82, 2.24) is 36.3 Å². The molecule has 1 aliphatic heterocycles. The Morgan fingerprint density at radius 1 is 0.957 bits per heavy atom. The van der Waals surface area contributed by atoms with Crippen LogP contribution in [0.3, 0.4) is 0 Å². The maximum absolute atomic E-state index is 13.3. The van der Waals surface area contributed by atoms with E-state index in [1.165, 1.54) is 13.2 Å². The molecule has 2 aromatic heterocycles. The van der Waals surface area contributed by atoms with Crippen LogP contribution < -0.4 is 21.3 Å². The Kier molecular flexibility index (Phi) is 12.7. The molecule has 1 fully saturated rings. The summed E-state index contributed by atoms with van der Waals surface area (Å²) in [6.45, 7) is 6.05. The van der Waals surface area contributed by atoms with E-state index in [9.17, 15) is 24.0 Å². The van der Waals surface area contributed by atoms with Crippen molar-refractivity contribution in [3.63, 3.8) is 0 Å². The van der Waals surface area contributed by atoms with Crippen LogP contribution in [0, 0.1) is 5.92 Å². The van der Waals surface area contributed by atoms with Crippen molar-refractivity contribution in [3.05, 3.63) is 60.2 Å². The summed E-state index contributed by atoms with van der Waals surface area (Å²) in [4.78, 5) is 71.7. The van der Waals surface area contributed by atoms with Crippen molar-refractivity contribution in [1.29, 1.82) is 0 Å². The number of benzene rings is 1. The van der Waals surface area contributed by atoms with E-state index in [1.807, 2.05) is 44.2 Å². The zero-order valence-electron chi connectivity index (χ0n) is 27.0. The zero-order valence-corrected chi connectivity index (χ0v) is 27.0. The smallest absolute Gasteiger partial charge is 0.243 e. The molecule has 3 aromatic rings. The van der Waals surface area contributed by atoms with Crippen LogP contribution in [0.1, 0.15) is 57.9 Å². The van der Waals surface area contributed by atoms with E-state index in [-0.39, 0.29) is 61.8 Å². The maximum atomic E-state index is 13.3. The Morgan fingerprint density at radius 2 is 1.72 bits per heavy atom. The van der Waals surface area contributed by atoms with E-state index in [2.05, 4.69) is 31.4 Å². The van der Waals surface area contributed by atoms with E-state index in [0.717, 1.165) is 5.56 Å². The molecule has 0 aliphatic carbocycles. The fourth-order valence-corrected chi connectivity index (χ4v) is 5.14. The quantitative estimate of drug-likeness (QED) is 0.296. The maximum Gasteiger partial charge on any atom is 0.243 e. The summed E-state index contributed by atoms with van der Waals surface area (Å²) in [5.74, 6) is -1.12. The lowest BCUT2D eigenvalue weighted by molar-refractivity contribution is -0.134. The van der Waals surface area contributed by atoms with E-state index in [1.54, 1.807) is 17.0 Å². The predicted octanol–water partition coefficient (Wildman–Crippen LogP) is 1.76. The molecule has 3 heterocycles. The van der Waals surface area contributed by atoms with Crippen LogP contribution in [0.2, 0.25) is 0 Å². The highest BCUT2D eigenvalue weighted by Gasteiger charge is 2.29. The fourth-order valence-electron chi connectivity index (χ4n) is 5.14. The number of carbonyl (C=O) groups excluding carboxylic acids is 5. The van der Waals surface area contributed by atoms with Crippen LogP contribution in [-0.2, 0) is 36.8 Å². The Labute approximate surface area is 273 Å². The molecule has 1 saturated heterocycles. The first-order valence-corrected chi connectivity index (χ1v) is 16.0. The van der Waals surface area contributed by atoms with Gasteiger partial charge in [-0.2, -0.15) is 4.98 Å². The molecule has 0 spiro atoms. The Balaban J connectivity index is 1.46. The molecule has 4 rings (SSSR count). The number of nitrogens with zero attached hydrogens (tertiary/aromatic N) is 3. The molecule has 0 unspecified atom stereocenters. The van der Waals surface area contributed by atoms with E-state index in [4.69, 9.17) is 8.94 Å².